The first-order valence-corrected chi connectivity index (χ1v) is 16.1. The van der Waals surface area contributed by atoms with E-state index in [0.717, 1.165) is 15.6 Å². The van der Waals surface area contributed by atoms with Crippen LogP contribution >= 0.6 is 0 Å². The summed E-state index contributed by atoms with van der Waals surface area (Å²) in [6.07, 6.45) is 2.77. The van der Waals surface area contributed by atoms with E-state index >= 15 is 0 Å². The summed E-state index contributed by atoms with van der Waals surface area (Å²) >= 11 is 0. The molecule has 10 nitrogen and oxygen atoms in total. The number of hydrogen-bond donors (Lipinski definition) is 1. The zero-order valence-corrected chi connectivity index (χ0v) is 25.3. The molecule has 5 rings (SSSR count). The van der Waals surface area contributed by atoms with Crippen molar-refractivity contribution >= 4 is 36.6 Å². The van der Waals surface area contributed by atoms with Gasteiger partial charge in [-0.2, -0.15) is 0 Å². The second-order valence-corrected chi connectivity index (χ2v) is 13.6. The van der Waals surface area contributed by atoms with Gasteiger partial charge in [-0.05, 0) is 62.4 Å². The fourth-order valence-corrected chi connectivity index (χ4v) is 6.50. The van der Waals surface area contributed by atoms with Gasteiger partial charge in [0.25, 0.3) is 15.6 Å². The SMILES string of the molecule is CCS(=O)(=O)Nc1ccc(Oc2ccc(OC)cc2F)c(-c2cn(C)c(=O)c3c2ccn3S(=O)(=O)c2ccc(C)cc2)c1. The molecule has 5 aromatic rings. The van der Waals surface area contributed by atoms with Crippen LogP contribution in [0.25, 0.3) is 22.0 Å². The van der Waals surface area contributed by atoms with Crippen LogP contribution in [0.1, 0.15) is 12.5 Å². The molecule has 0 atom stereocenters. The van der Waals surface area contributed by atoms with Crippen LogP contribution in [0, 0.1) is 12.7 Å². The first-order chi connectivity index (χ1) is 20.3. The average molecular weight is 626 g/mol. The normalized spacial score (nSPS) is 11.9. The highest BCUT2D eigenvalue weighted by atomic mass is 32.2. The molecule has 0 aliphatic heterocycles. The molecule has 2 aromatic heterocycles. The number of halogens is 1. The molecule has 0 unspecified atom stereocenters. The number of aromatic nitrogens is 2. The number of nitrogens with zero attached hydrogens (tertiary/aromatic N) is 2. The predicted octanol–water partition coefficient (Wildman–Crippen LogP) is 5.25. The lowest BCUT2D eigenvalue weighted by atomic mass is 10.0. The second kappa shape index (κ2) is 11.2. The van der Waals surface area contributed by atoms with Crippen molar-refractivity contribution in [3.8, 4) is 28.4 Å². The molecule has 0 aliphatic carbocycles. The van der Waals surface area contributed by atoms with E-state index in [-0.39, 0.29) is 50.1 Å². The van der Waals surface area contributed by atoms with Gasteiger partial charge in [0.15, 0.2) is 11.6 Å². The van der Waals surface area contributed by atoms with E-state index < -0.39 is 31.4 Å². The van der Waals surface area contributed by atoms with E-state index in [0.29, 0.717) is 5.56 Å². The van der Waals surface area contributed by atoms with Crippen molar-refractivity contribution in [1.29, 1.82) is 0 Å². The molecule has 0 aliphatic rings. The molecule has 0 saturated heterocycles. The van der Waals surface area contributed by atoms with E-state index in [2.05, 4.69) is 4.72 Å². The van der Waals surface area contributed by atoms with Crippen LogP contribution in [-0.4, -0.2) is 38.2 Å². The Hall–Kier alpha value is -4.62. The number of anilines is 1. The minimum absolute atomic E-state index is 0.00182. The third kappa shape index (κ3) is 5.73. The van der Waals surface area contributed by atoms with E-state index in [4.69, 9.17) is 9.47 Å². The lowest BCUT2D eigenvalue weighted by molar-refractivity contribution is 0.402. The van der Waals surface area contributed by atoms with Crippen LogP contribution in [0.2, 0.25) is 0 Å². The molecule has 0 bridgehead atoms. The topological polar surface area (TPSA) is 126 Å². The van der Waals surface area contributed by atoms with Gasteiger partial charge in [-0.1, -0.05) is 17.7 Å². The standard InChI is InChI=1S/C30H28FN3O7S2/c1-5-42(36,37)32-20-8-12-27(41-28-13-9-21(40-4)17-26(28)31)24(16-20)25-18-33(3)30(35)29-23(25)14-15-34(29)43(38,39)22-10-6-19(2)7-11-22/h6-18,32H,5H2,1-4H3. The van der Waals surface area contributed by atoms with Crippen molar-refractivity contribution in [1.82, 2.24) is 8.54 Å². The quantitative estimate of drug-likeness (QED) is 0.237. The van der Waals surface area contributed by atoms with E-state index in [1.807, 2.05) is 6.92 Å². The maximum absolute atomic E-state index is 14.9. The maximum atomic E-state index is 14.9. The number of aryl methyl sites for hydroxylation is 2. The third-order valence-electron chi connectivity index (χ3n) is 6.85. The van der Waals surface area contributed by atoms with Crippen molar-refractivity contribution in [2.75, 3.05) is 17.6 Å². The summed E-state index contributed by atoms with van der Waals surface area (Å²) in [7, 11) is -4.96. The largest absolute Gasteiger partial charge is 0.497 e. The van der Waals surface area contributed by atoms with Crippen molar-refractivity contribution in [2.45, 2.75) is 18.7 Å². The minimum atomic E-state index is -4.16. The van der Waals surface area contributed by atoms with Crippen LogP contribution < -0.4 is 19.8 Å². The van der Waals surface area contributed by atoms with Gasteiger partial charge in [-0.15, -0.1) is 0 Å². The van der Waals surface area contributed by atoms with Crippen LogP contribution in [0.3, 0.4) is 0 Å². The molecule has 43 heavy (non-hydrogen) atoms. The first kappa shape index (κ1) is 29.9. The summed E-state index contributed by atoms with van der Waals surface area (Å²) in [4.78, 5) is 13.4. The zero-order valence-electron chi connectivity index (χ0n) is 23.7. The molecular weight excluding hydrogens is 597 g/mol. The highest BCUT2D eigenvalue weighted by molar-refractivity contribution is 7.92. The first-order valence-electron chi connectivity index (χ1n) is 13.0. The Labute approximate surface area is 248 Å². The summed E-state index contributed by atoms with van der Waals surface area (Å²) in [5.41, 5.74) is 0.976. The minimum Gasteiger partial charge on any atom is -0.497 e. The van der Waals surface area contributed by atoms with Gasteiger partial charge in [0.1, 0.15) is 17.0 Å². The number of nitrogens with one attached hydrogen (secondary N) is 1. The Morgan fingerprint density at radius 2 is 1.60 bits per heavy atom. The number of hydrogen-bond acceptors (Lipinski definition) is 7. The number of pyridine rings is 1. The molecule has 224 valence electrons. The Balaban J connectivity index is 1.75. The summed E-state index contributed by atoms with van der Waals surface area (Å²) in [6.45, 7) is 3.32. The summed E-state index contributed by atoms with van der Waals surface area (Å²) in [5.74, 6) is -0.615. The van der Waals surface area contributed by atoms with E-state index in [1.54, 1.807) is 12.1 Å². The van der Waals surface area contributed by atoms with Gasteiger partial charge in [-0.25, -0.2) is 25.2 Å². The van der Waals surface area contributed by atoms with Gasteiger partial charge >= 0.3 is 0 Å². The molecule has 0 radical (unpaired) electrons. The van der Waals surface area contributed by atoms with Gasteiger partial charge in [0, 0.05) is 47.7 Å². The van der Waals surface area contributed by atoms with Gasteiger partial charge in [0.05, 0.1) is 17.8 Å². The zero-order chi connectivity index (χ0) is 31.1. The number of ether oxygens (including phenoxy) is 2. The number of fused-ring (bicyclic) bond motifs is 1. The van der Waals surface area contributed by atoms with Crippen molar-refractivity contribution in [3.63, 3.8) is 0 Å². The average Bonchev–Trinajstić information content (AvgIpc) is 3.43. The smallest absolute Gasteiger partial charge is 0.275 e. The van der Waals surface area contributed by atoms with E-state index in [9.17, 15) is 26.0 Å². The Morgan fingerprint density at radius 1 is 0.907 bits per heavy atom. The van der Waals surface area contributed by atoms with Crippen LogP contribution in [0.5, 0.6) is 17.2 Å². The Bertz CT molecular complexity index is 2140. The monoisotopic (exact) mass is 625 g/mol. The number of methoxy groups -OCH3 is 1. The molecule has 0 fully saturated rings. The van der Waals surface area contributed by atoms with Gasteiger partial charge in [0.2, 0.25) is 10.0 Å². The Kier molecular flexibility index (Phi) is 7.80. The molecule has 1 N–H and O–H groups in total. The highest BCUT2D eigenvalue weighted by Gasteiger charge is 2.24. The molecule has 0 spiro atoms. The van der Waals surface area contributed by atoms with Crippen molar-refractivity contribution < 1.29 is 30.7 Å². The molecule has 0 saturated carbocycles. The van der Waals surface area contributed by atoms with Crippen molar-refractivity contribution in [3.05, 3.63) is 101 Å². The second-order valence-electron chi connectivity index (χ2n) is 9.77. The number of benzene rings is 3. The summed E-state index contributed by atoms with van der Waals surface area (Å²) in [5, 5.41) is 0.259. The lowest BCUT2D eigenvalue weighted by Crippen LogP contribution is -2.22. The van der Waals surface area contributed by atoms with Crippen molar-refractivity contribution in [2.24, 2.45) is 7.05 Å². The fourth-order valence-electron chi connectivity index (χ4n) is 4.52. The highest BCUT2D eigenvalue weighted by Crippen LogP contribution is 2.40. The molecule has 3 aromatic carbocycles. The van der Waals surface area contributed by atoms with Crippen LogP contribution in [0.15, 0.2) is 88.8 Å². The predicted molar refractivity (Wildman–Crippen MR) is 162 cm³/mol. The van der Waals surface area contributed by atoms with Crippen LogP contribution in [0.4, 0.5) is 10.1 Å². The molecule has 0 amide bonds. The third-order valence-corrected chi connectivity index (χ3v) is 9.84. The number of rotatable bonds is 9. The van der Waals surface area contributed by atoms with Gasteiger partial charge in [-0.3, -0.25) is 9.52 Å². The summed E-state index contributed by atoms with van der Waals surface area (Å²) in [6, 6.07) is 16.2. The number of sulfonamides is 1. The fraction of sp³-hybridized carbons (Fsp3) is 0.167. The lowest BCUT2D eigenvalue weighted by Gasteiger charge is -2.17. The van der Waals surface area contributed by atoms with Gasteiger partial charge < -0.3 is 14.0 Å². The molecule has 2 heterocycles. The maximum Gasteiger partial charge on any atom is 0.275 e. The van der Waals surface area contributed by atoms with E-state index in [1.165, 1.54) is 86.6 Å². The Morgan fingerprint density at radius 3 is 2.26 bits per heavy atom. The summed E-state index contributed by atoms with van der Waals surface area (Å²) < 4.78 is 82.5. The van der Waals surface area contributed by atoms with Crippen LogP contribution in [-0.2, 0) is 27.1 Å². The molecular formula is C30H28FN3O7S2. The molecule has 13 heteroatoms.